The van der Waals surface area contributed by atoms with E-state index in [0.717, 1.165) is 43.5 Å². The Morgan fingerprint density at radius 1 is 1.30 bits per heavy atom. The molecule has 0 radical (unpaired) electrons. The van der Waals surface area contributed by atoms with E-state index in [9.17, 15) is 0 Å². The van der Waals surface area contributed by atoms with Crippen molar-refractivity contribution < 1.29 is 4.52 Å². The Morgan fingerprint density at radius 3 is 2.59 bits per heavy atom. The highest BCUT2D eigenvalue weighted by Gasteiger charge is 2.20. The summed E-state index contributed by atoms with van der Waals surface area (Å²) in [6.45, 7) is 5.35. The van der Waals surface area contributed by atoms with E-state index in [1.165, 1.54) is 5.56 Å². The molecule has 0 atom stereocenters. The number of nitrogens with one attached hydrogen (secondary N) is 2. The number of rotatable bonds is 5. The summed E-state index contributed by atoms with van der Waals surface area (Å²) in [7, 11) is 1.77. The van der Waals surface area contributed by atoms with Gasteiger partial charge in [0.25, 0.3) is 0 Å². The highest BCUT2D eigenvalue weighted by Crippen LogP contribution is 2.16. The first-order chi connectivity index (χ1) is 12.6. The minimum Gasteiger partial charge on any atom is -0.354 e. The molecule has 0 spiro atoms. The molecule has 2 aromatic rings. The molecule has 2 heterocycles. The van der Waals surface area contributed by atoms with Crippen LogP contribution in [0.5, 0.6) is 0 Å². The lowest BCUT2D eigenvalue weighted by atomic mass is 10.0. The van der Waals surface area contributed by atoms with E-state index >= 15 is 0 Å². The summed E-state index contributed by atoms with van der Waals surface area (Å²) in [5.74, 6) is 1.96. The van der Waals surface area contributed by atoms with Crippen LogP contribution in [0, 0.1) is 6.92 Å². The number of aryl methyl sites for hydroxylation is 1. The molecule has 1 aliphatic heterocycles. The van der Waals surface area contributed by atoms with Crippen molar-refractivity contribution in [3.63, 3.8) is 0 Å². The van der Waals surface area contributed by atoms with Gasteiger partial charge >= 0.3 is 0 Å². The number of halogens is 2. The minimum absolute atomic E-state index is 0. The number of hydrogen-bond acceptors (Lipinski definition) is 5. The molecule has 0 unspecified atom stereocenters. The van der Waals surface area contributed by atoms with Crippen LogP contribution in [-0.4, -0.2) is 47.2 Å². The van der Waals surface area contributed by atoms with Gasteiger partial charge in [-0.25, -0.2) is 0 Å². The summed E-state index contributed by atoms with van der Waals surface area (Å²) < 4.78 is 4.97. The zero-order valence-corrected chi connectivity index (χ0v) is 18.7. The van der Waals surface area contributed by atoms with E-state index in [2.05, 4.69) is 42.8 Å². The molecule has 27 heavy (non-hydrogen) atoms. The zero-order valence-electron chi connectivity index (χ0n) is 15.6. The van der Waals surface area contributed by atoms with Gasteiger partial charge in [-0.15, -0.1) is 24.0 Å². The molecule has 1 aliphatic rings. The fourth-order valence-electron chi connectivity index (χ4n) is 3.05. The Bertz CT molecular complexity index is 728. The second kappa shape index (κ2) is 10.8. The van der Waals surface area contributed by atoms with Crippen molar-refractivity contribution in [1.29, 1.82) is 0 Å². The van der Waals surface area contributed by atoms with E-state index < -0.39 is 0 Å². The van der Waals surface area contributed by atoms with Crippen molar-refractivity contribution in [1.82, 2.24) is 25.7 Å². The molecule has 0 saturated carbocycles. The summed E-state index contributed by atoms with van der Waals surface area (Å²) in [6, 6.07) is 8.50. The van der Waals surface area contributed by atoms with Crippen LogP contribution in [-0.2, 0) is 13.1 Å². The van der Waals surface area contributed by atoms with Gasteiger partial charge in [-0.3, -0.25) is 9.89 Å². The molecule has 2 N–H and O–H groups in total. The fourth-order valence-corrected chi connectivity index (χ4v) is 3.17. The quantitative estimate of drug-likeness (QED) is 0.370. The average molecular weight is 505 g/mol. The predicted molar refractivity (Wildman–Crippen MR) is 118 cm³/mol. The molecule has 9 heteroatoms. The van der Waals surface area contributed by atoms with Gasteiger partial charge in [0.1, 0.15) is 0 Å². The third kappa shape index (κ3) is 6.93. The maximum atomic E-state index is 5.95. The van der Waals surface area contributed by atoms with Crippen LogP contribution in [0.3, 0.4) is 0 Å². The maximum Gasteiger partial charge on any atom is 0.223 e. The largest absolute Gasteiger partial charge is 0.354 e. The van der Waals surface area contributed by atoms with Crippen LogP contribution in [0.4, 0.5) is 0 Å². The van der Waals surface area contributed by atoms with E-state index in [1.807, 2.05) is 12.1 Å². The van der Waals surface area contributed by atoms with Gasteiger partial charge in [-0.05, 0) is 30.5 Å². The smallest absolute Gasteiger partial charge is 0.223 e. The molecular weight excluding hydrogens is 479 g/mol. The standard InChI is InChI=1S/C18H25ClN6O.HI/c1-13-22-17(24-26-13)11-21-18(20-2)23-16-7-9-25(10-8-16)12-14-3-5-15(19)6-4-14;/h3-6,16H,7-12H2,1-2H3,(H2,20,21,23);1H. The topological polar surface area (TPSA) is 78.6 Å². The molecule has 0 bridgehead atoms. The molecule has 7 nitrogen and oxygen atoms in total. The fraction of sp³-hybridized carbons (Fsp3) is 0.500. The Hall–Kier alpha value is -1.39. The summed E-state index contributed by atoms with van der Waals surface area (Å²) in [5, 5.41) is 11.4. The lowest BCUT2D eigenvalue weighted by molar-refractivity contribution is 0.198. The first-order valence-electron chi connectivity index (χ1n) is 8.85. The number of guanidine groups is 1. The molecule has 1 aromatic carbocycles. The van der Waals surface area contributed by atoms with Crippen LogP contribution in [0.1, 0.15) is 30.1 Å². The van der Waals surface area contributed by atoms with E-state index in [1.54, 1.807) is 14.0 Å². The van der Waals surface area contributed by atoms with E-state index in [-0.39, 0.29) is 24.0 Å². The highest BCUT2D eigenvalue weighted by molar-refractivity contribution is 14.0. The Morgan fingerprint density at radius 2 is 2.00 bits per heavy atom. The summed E-state index contributed by atoms with van der Waals surface area (Å²) in [5.41, 5.74) is 1.30. The minimum atomic E-state index is 0. The van der Waals surface area contributed by atoms with Crippen LogP contribution in [0.2, 0.25) is 5.02 Å². The summed E-state index contributed by atoms with van der Waals surface area (Å²) in [4.78, 5) is 10.9. The van der Waals surface area contributed by atoms with Crippen molar-refractivity contribution in [2.75, 3.05) is 20.1 Å². The number of piperidine rings is 1. The van der Waals surface area contributed by atoms with Gasteiger partial charge in [0.15, 0.2) is 11.8 Å². The van der Waals surface area contributed by atoms with Crippen molar-refractivity contribution >= 4 is 41.5 Å². The molecular formula is C18H26ClIN6O. The SMILES string of the molecule is CN=C(NCc1noc(C)n1)NC1CCN(Cc2ccc(Cl)cc2)CC1.I. The Balaban J connectivity index is 0.00000261. The molecule has 3 rings (SSSR count). The van der Waals surface area contributed by atoms with E-state index in [0.29, 0.717) is 24.3 Å². The molecule has 148 valence electrons. The van der Waals surface area contributed by atoms with Crippen molar-refractivity contribution in [3.8, 4) is 0 Å². The maximum absolute atomic E-state index is 5.95. The highest BCUT2D eigenvalue weighted by atomic mass is 127. The van der Waals surface area contributed by atoms with Gasteiger partial charge in [0.05, 0.1) is 6.54 Å². The first kappa shape index (κ1) is 21.9. The van der Waals surface area contributed by atoms with Gasteiger partial charge < -0.3 is 15.2 Å². The number of hydrogen-bond donors (Lipinski definition) is 2. The first-order valence-corrected chi connectivity index (χ1v) is 9.23. The monoisotopic (exact) mass is 504 g/mol. The lowest BCUT2D eigenvalue weighted by Gasteiger charge is -2.33. The van der Waals surface area contributed by atoms with Crippen molar-refractivity contribution in [3.05, 3.63) is 46.6 Å². The van der Waals surface area contributed by atoms with Crippen LogP contribution in [0.25, 0.3) is 0 Å². The van der Waals surface area contributed by atoms with Crippen LogP contribution < -0.4 is 10.6 Å². The van der Waals surface area contributed by atoms with Gasteiger partial charge in [-0.2, -0.15) is 4.98 Å². The number of nitrogens with zero attached hydrogens (tertiary/aromatic N) is 4. The summed E-state index contributed by atoms with van der Waals surface area (Å²) >= 11 is 5.95. The number of aromatic nitrogens is 2. The second-order valence-electron chi connectivity index (χ2n) is 6.48. The van der Waals surface area contributed by atoms with Crippen molar-refractivity contribution in [2.45, 2.75) is 38.9 Å². The zero-order chi connectivity index (χ0) is 18.4. The van der Waals surface area contributed by atoms with Crippen LogP contribution in [0.15, 0.2) is 33.8 Å². The predicted octanol–water partition coefficient (Wildman–Crippen LogP) is 2.98. The second-order valence-corrected chi connectivity index (χ2v) is 6.91. The number of benzene rings is 1. The Kier molecular flexibility index (Phi) is 8.78. The van der Waals surface area contributed by atoms with Crippen molar-refractivity contribution in [2.24, 2.45) is 4.99 Å². The molecule has 1 saturated heterocycles. The normalized spacial score (nSPS) is 16.0. The number of likely N-dealkylation sites (tertiary alicyclic amines) is 1. The third-order valence-corrected chi connectivity index (χ3v) is 4.71. The molecule has 1 aromatic heterocycles. The molecule has 1 fully saturated rings. The third-order valence-electron chi connectivity index (χ3n) is 4.46. The van der Waals surface area contributed by atoms with Gasteiger partial charge in [0, 0.05) is 44.7 Å². The van der Waals surface area contributed by atoms with E-state index in [4.69, 9.17) is 16.1 Å². The van der Waals surface area contributed by atoms with Crippen LogP contribution >= 0.6 is 35.6 Å². The Labute approximate surface area is 182 Å². The molecule has 0 amide bonds. The molecule has 0 aliphatic carbocycles. The average Bonchev–Trinajstić information content (AvgIpc) is 3.07. The van der Waals surface area contributed by atoms with Gasteiger partial charge in [0.2, 0.25) is 5.89 Å². The summed E-state index contributed by atoms with van der Waals surface area (Å²) in [6.07, 6.45) is 2.16. The van der Waals surface area contributed by atoms with Gasteiger partial charge in [-0.1, -0.05) is 28.9 Å². The lowest BCUT2D eigenvalue weighted by Crippen LogP contribution is -2.48. The number of aliphatic imine (C=N–C) groups is 1.